The van der Waals surface area contributed by atoms with E-state index < -0.39 is 6.29 Å². The zero-order valence-corrected chi connectivity index (χ0v) is 18.9. The molecular weight excluding hydrogens is 406 g/mol. The van der Waals surface area contributed by atoms with Crippen molar-refractivity contribution in [3.8, 4) is 5.75 Å². The summed E-state index contributed by atoms with van der Waals surface area (Å²) in [6.45, 7) is 5.44. The quantitative estimate of drug-likeness (QED) is 0.223. The first kappa shape index (κ1) is 22.4. The molecule has 0 aliphatic heterocycles. The highest BCUT2D eigenvalue weighted by molar-refractivity contribution is 5.76. The number of aryl methyl sites for hydroxylation is 2. The van der Waals surface area contributed by atoms with Gasteiger partial charge in [0.2, 0.25) is 6.29 Å². The summed E-state index contributed by atoms with van der Waals surface area (Å²) in [6, 6.07) is 37.5. The zero-order valence-electron chi connectivity index (χ0n) is 18.9. The van der Waals surface area contributed by atoms with Gasteiger partial charge in [0.1, 0.15) is 5.75 Å². The highest BCUT2D eigenvalue weighted by atomic mass is 16.6. The van der Waals surface area contributed by atoms with Crippen LogP contribution in [0.3, 0.4) is 0 Å². The van der Waals surface area contributed by atoms with Crippen LogP contribution >= 0.6 is 0 Å². The second kappa shape index (κ2) is 10.7. The summed E-state index contributed by atoms with van der Waals surface area (Å²) in [6.07, 6.45) is 0.913. The summed E-state index contributed by atoms with van der Waals surface area (Å²) in [5.74, 6) is 0.639. The van der Waals surface area contributed by atoms with Crippen molar-refractivity contribution in [3.05, 3.63) is 132 Å². The third kappa shape index (κ3) is 5.91. The van der Waals surface area contributed by atoms with Gasteiger partial charge in [-0.2, -0.15) is 0 Å². The fourth-order valence-electron chi connectivity index (χ4n) is 3.67. The minimum atomic E-state index is -0.972. The third-order valence-electron chi connectivity index (χ3n) is 5.52. The van der Waals surface area contributed by atoms with Gasteiger partial charge in [-0.1, -0.05) is 67.2 Å². The molecule has 0 radical (unpaired) electrons. The Labute approximate surface area is 196 Å². The number of anilines is 3. The van der Waals surface area contributed by atoms with Crippen LogP contribution in [0.4, 0.5) is 17.1 Å². The molecule has 0 amide bonds. The van der Waals surface area contributed by atoms with Crippen LogP contribution in [0.5, 0.6) is 5.75 Å². The molecule has 0 aliphatic rings. The Morgan fingerprint density at radius 1 is 0.697 bits per heavy atom. The second-order valence-corrected chi connectivity index (χ2v) is 8.13. The SMILES string of the molecule is C=C(C)C(O)Oc1ccc(CCc2ccc(N(c3ccccc3)c3ccccc3)cc2)cc1. The topological polar surface area (TPSA) is 32.7 Å². The van der Waals surface area contributed by atoms with Crippen LogP contribution in [-0.2, 0) is 12.8 Å². The predicted molar refractivity (Wildman–Crippen MR) is 136 cm³/mol. The van der Waals surface area contributed by atoms with Gasteiger partial charge in [-0.15, -0.1) is 0 Å². The maximum Gasteiger partial charge on any atom is 0.219 e. The summed E-state index contributed by atoms with van der Waals surface area (Å²) < 4.78 is 5.45. The maximum absolute atomic E-state index is 9.78. The highest BCUT2D eigenvalue weighted by Gasteiger charge is 2.11. The molecule has 4 aromatic carbocycles. The van der Waals surface area contributed by atoms with Crippen LogP contribution in [0.25, 0.3) is 0 Å². The van der Waals surface area contributed by atoms with E-state index in [0.717, 1.165) is 29.9 Å². The predicted octanol–water partition coefficient (Wildman–Crippen LogP) is 7.21. The molecule has 4 aromatic rings. The number of hydrogen-bond acceptors (Lipinski definition) is 3. The van der Waals surface area contributed by atoms with E-state index in [1.54, 1.807) is 6.92 Å². The van der Waals surface area contributed by atoms with Gasteiger partial charge in [-0.05, 0) is 85.0 Å². The minimum absolute atomic E-state index is 0.584. The summed E-state index contributed by atoms with van der Waals surface area (Å²) in [7, 11) is 0. The lowest BCUT2D eigenvalue weighted by Crippen LogP contribution is -2.15. The van der Waals surface area contributed by atoms with E-state index in [-0.39, 0.29) is 0 Å². The number of para-hydroxylation sites is 2. The van der Waals surface area contributed by atoms with Crippen molar-refractivity contribution >= 4 is 17.1 Å². The Bertz CT molecular complexity index is 1110. The van der Waals surface area contributed by atoms with Crippen LogP contribution in [0.1, 0.15) is 18.1 Å². The van der Waals surface area contributed by atoms with E-state index in [1.165, 1.54) is 11.1 Å². The molecule has 4 rings (SSSR count). The molecule has 3 nitrogen and oxygen atoms in total. The largest absolute Gasteiger partial charge is 0.461 e. The fraction of sp³-hybridized carbons (Fsp3) is 0.133. The van der Waals surface area contributed by atoms with E-state index in [4.69, 9.17) is 4.74 Å². The zero-order chi connectivity index (χ0) is 23.0. The number of aliphatic hydroxyl groups excluding tert-OH is 1. The molecule has 166 valence electrons. The Balaban J connectivity index is 1.44. The lowest BCUT2D eigenvalue weighted by Gasteiger charge is -2.25. The van der Waals surface area contributed by atoms with Gasteiger partial charge in [0.15, 0.2) is 0 Å². The van der Waals surface area contributed by atoms with Crippen molar-refractivity contribution in [2.45, 2.75) is 26.1 Å². The van der Waals surface area contributed by atoms with E-state index in [2.05, 4.69) is 84.3 Å². The van der Waals surface area contributed by atoms with Crippen molar-refractivity contribution in [3.63, 3.8) is 0 Å². The molecule has 0 fully saturated rings. The normalized spacial score (nSPS) is 11.6. The Hall–Kier alpha value is -3.82. The molecule has 0 saturated carbocycles. The smallest absolute Gasteiger partial charge is 0.219 e. The Morgan fingerprint density at radius 3 is 1.58 bits per heavy atom. The van der Waals surface area contributed by atoms with Gasteiger partial charge < -0.3 is 14.7 Å². The Kier molecular flexibility index (Phi) is 7.23. The van der Waals surface area contributed by atoms with Crippen molar-refractivity contribution in [2.75, 3.05) is 4.90 Å². The molecule has 0 aliphatic carbocycles. The van der Waals surface area contributed by atoms with Crippen LogP contribution < -0.4 is 9.64 Å². The van der Waals surface area contributed by atoms with E-state index in [9.17, 15) is 5.11 Å². The van der Waals surface area contributed by atoms with Crippen LogP contribution in [0, 0.1) is 0 Å². The minimum Gasteiger partial charge on any atom is -0.461 e. The molecule has 3 heteroatoms. The van der Waals surface area contributed by atoms with Crippen molar-refractivity contribution in [1.82, 2.24) is 0 Å². The summed E-state index contributed by atoms with van der Waals surface area (Å²) >= 11 is 0. The summed E-state index contributed by atoms with van der Waals surface area (Å²) in [5.41, 5.74) is 6.50. The summed E-state index contributed by atoms with van der Waals surface area (Å²) in [5, 5.41) is 9.78. The number of nitrogens with zero attached hydrogens (tertiary/aromatic N) is 1. The standard InChI is InChI=1S/C30H29NO2/c1-23(2)30(32)33-29-21-17-25(18-22-29)14-13-24-15-19-28(20-16-24)31(26-9-5-3-6-10-26)27-11-7-4-8-12-27/h3-12,15-22,30,32H,1,13-14H2,2H3. The van der Waals surface area contributed by atoms with Gasteiger partial charge in [0.25, 0.3) is 0 Å². The number of ether oxygens (including phenoxy) is 1. The molecule has 0 aromatic heterocycles. The third-order valence-corrected chi connectivity index (χ3v) is 5.52. The molecule has 1 atom stereocenters. The molecule has 1 unspecified atom stereocenters. The second-order valence-electron chi connectivity index (χ2n) is 8.13. The van der Waals surface area contributed by atoms with Crippen LogP contribution in [0.15, 0.2) is 121 Å². The number of aliphatic hydroxyl groups is 1. The van der Waals surface area contributed by atoms with Gasteiger partial charge in [0.05, 0.1) is 0 Å². The molecule has 33 heavy (non-hydrogen) atoms. The maximum atomic E-state index is 9.78. The van der Waals surface area contributed by atoms with Crippen LogP contribution in [0.2, 0.25) is 0 Å². The average Bonchev–Trinajstić information content (AvgIpc) is 2.86. The number of benzene rings is 4. The molecule has 1 N–H and O–H groups in total. The van der Waals surface area contributed by atoms with Gasteiger partial charge in [-0.25, -0.2) is 0 Å². The first-order valence-electron chi connectivity index (χ1n) is 11.2. The molecular formula is C30H29NO2. The fourth-order valence-corrected chi connectivity index (χ4v) is 3.67. The monoisotopic (exact) mass is 435 g/mol. The van der Waals surface area contributed by atoms with Crippen molar-refractivity contribution in [2.24, 2.45) is 0 Å². The van der Waals surface area contributed by atoms with E-state index >= 15 is 0 Å². The van der Waals surface area contributed by atoms with Gasteiger partial charge in [0, 0.05) is 17.1 Å². The number of rotatable bonds is 9. The average molecular weight is 436 g/mol. The Morgan fingerprint density at radius 2 is 1.12 bits per heavy atom. The number of hydrogen-bond donors (Lipinski definition) is 1. The van der Waals surface area contributed by atoms with E-state index in [1.807, 2.05) is 36.4 Å². The van der Waals surface area contributed by atoms with Gasteiger partial charge in [-0.3, -0.25) is 0 Å². The first-order chi connectivity index (χ1) is 16.1. The highest BCUT2D eigenvalue weighted by Crippen LogP contribution is 2.34. The molecule has 0 saturated heterocycles. The lowest BCUT2D eigenvalue weighted by molar-refractivity contribution is 0.0151. The van der Waals surface area contributed by atoms with Crippen LogP contribution in [-0.4, -0.2) is 11.4 Å². The van der Waals surface area contributed by atoms with E-state index in [0.29, 0.717) is 11.3 Å². The van der Waals surface area contributed by atoms with Crippen molar-refractivity contribution < 1.29 is 9.84 Å². The molecule has 0 spiro atoms. The molecule has 0 heterocycles. The van der Waals surface area contributed by atoms with Crippen molar-refractivity contribution in [1.29, 1.82) is 0 Å². The molecule has 0 bridgehead atoms. The summed E-state index contributed by atoms with van der Waals surface area (Å²) in [4.78, 5) is 2.27. The lowest BCUT2D eigenvalue weighted by atomic mass is 10.0. The first-order valence-corrected chi connectivity index (χ1v) is 11.2. The van der Waals surface area contributed by atoms with Gasteiger partial charge >= 0.3 is 0 Å².